The number of hydrogen-bond donors (Lipinski definition) is 1. The van der Waals surface area contributed by atoms with E-state index in [0.717, 1.165) is 6.54 Å². The summed E-state index contributed by atoms with van der Waals surface area (Å²) in [5, 5.41) is 5.83. The van der Waals surface area contributed by atoms with Gasteiger partial charge in [0.25, 0.3) is 0 Å². The highest BCUT2D eigenvalue weighted by Crippen LogP contribution is 2.27. The largest absolute Gasteiger partial charge is 0.301 e. The third-order valence-corrected chi connectivity index (χ3v) is 5.17. The maximum Gasteiger partial charge on any atom is 0.0673 e. The van der Waals surface area contributed by atoms with Crippen molar-refractivity contribution in [2.75, 3.05) is 0 Å². The molecule has 102 valence electrons. The summed E-state index contributed by atoms with van der Waals surface area (Å²) in [4.78, 5) is 4.12. The maximum absolute atomic E-state index is 3.69. The van der Waals surface area contributed by atoms with Crippen LogP contribution in [0.5, 0.6) is 0 Å². The summed E-state index contributed by atoms with van der Waals surface area (Å²) in [5.41, 5.74) is 1.32. The van der Waals surface area contributed by atoms with Crippen molar-refractivity contribution in [3.8, 4) is 0 Å². The number of benzene rings is 1. The second-order valence-electron chi connectivity index (χ2n) is 4.75. The van der Waals surface area contributed by atoms with Crippen molar-refractivity contribution < 1.29 is 0 Å². The van der Waals surface area contributed by atoms with Gasteiger partial charge in [0.2, 0.25) is 0 Å². The molecule has 0 aliphatic rings. The lowest BCUT2D eigenvalue weighted by Gasteiger charge is -2.17. The van der Waals surface area contributed by atoms with E-state index in [2.05, 4.69) is 72.2 Å². The topological polar surface area (TPSA) is 12.0 Å². The van der Waals surface area contributed by atoms with Crippen LogP contribution in [-0.2, 0) is 6.54 Å². The molecule has 0 radical (unpaired) electrons. The fraction of sp³-hybridized carbons (Fsp3) is 0.176. The van der Waals surface area contributed by atoms with E-state index in [4.69, 9.17) is 0 Å². The molecule has 0 fully saturated rings. The van der Waals surface area contributed by atoms with Gasteiger partial charge in [-0.15, -0.1) is 22.7 Å². The molecule has 1 aromatic carbocycles. The zero-order valence-electron chi connectivity index (χ0n) is 11.4. The predicted octanol–water partition coefficient (Wildman–Crippen LogP) is 5.00. The van der Waals surface area contributed by atoms with Gasteiger partial charge >= 0.3 is 0 Å². The van der Waals surface area contributed by atoms with E-state index in [-0.39, 0.29) is 6.04 Å². The fourth-order valence-corrected chi connectivity index (χ4v) is 3.93. The third kappa shape index (κ3) is 3.18. The van der Waals surface area contributed by atoms with Gasteiger partial charge in [0.05, 0.1) is 6.04 Å². The monoisotopic (exact) mass is 299 g/mol. The molecule has 0 saturated carbocycles. The van der Waals surface area contributed by atoms with Crippen LogP contribution in [0.15, 0.2) is 60.0 Å². The van der Waals surface area contributed by atoms with Crippen LogP contribution in [0.2, 0.25) is 0 Å². The van der Waals surface area contributed by atoms with Crippen LogP contribution in [0.1, 0.15) is 26.2 Å². The number of nitrogens with one attached hydrogen (secondary N) is 1. The Hall–Kier alpha value is -1.42. The average molecular weight is 299 g/mol. The summed E-state index contributed by atoms with van der Waals surface area (Å²) < 4.78 is 0. The van der Waals surface area contributed by atoms with Crippen molar-refractivity contribution in [3.05, 3.63) is 80.2 Å². The van der Waals surface area contributed by atoms with E-state index >= 15 is 0 Å². The van der Waals surface area contributed by atoms with Crippen LogP contribution in [0, 0.1) is 6.92 Å². The first kappa shape index (κ1) is 13.6. The molecule has 2 aromatic heterocycles. The first-order chi connectivity index (χ1) is 9.83. The molecule has 0 aliphatic carbocycles. The number of hydrogen-bond acceptors (Lipinski definition) is 3. The van der Waals surface area contributed by atoms with E-state index in [1.54, 1.807) is 0 Å². The highest BCUT2D eigenvalue weighted by atomic mass is 32.1. The van der Waals surface area contributed by atoms with E-state index in [0.29, 0.717) is 0 Å². The molecule has 1 nitrogen and oxygen atoms in total. The molecule has 1 atom stereocenters. The molecule has 0 bridgehead atoms. The van der Waals surface area contributed by atoms with Crippen LogP contribution < -0.4 is 5.32 Å². The van der Waals surface area contributed by atoms with Crippen LogP contribution >= 0.6 is 22.7 Å². The van der Waals surface area contributed by atoms with Gasteiger partial charge in [-0.3, -0.25) is 0 Å². The first-order valence-corrected chi connectivity index (χ1v) is 8.39. The fourth-order valence-electron chi connectivity index (χ4n) is 2.27. The minimum Gasteiger partial charge on any atom is -0.301 e. The van der Waals surface area contributed by atoms with E-state index in [1.165, 1.54) is 20.2 Å². The zero-order chi connectivity index (χ0) is 13.8. The third-order valence-electron chi connectivity index (χ3n) is 3.24. The molecule has 0 aliphatic heterocycles. The molecule has 0 spiro atoms. The number of aryl methyl sites for hydroxylation is 1. The van der Waals surface area contributed by atoms with Crippen LogP contribution in [-0.4, -0.2) is 0 Å². The Labute approximate surface area is 127 Å². The van der Waals surface area contributed by atoms with Crippen molar-refractivity contribution >= 4 is 22.7 Å². The summed E-state index contributed by atoms with van der Waals surface area (Å²) in [5.74, 6) is 0. The normalized spacial score (nSPS) is 12.4. The lowest BCUT2D eigenvalue weighted by Crippen LogP contribution is -2.20. The van der Waals surface area contributed by atoms with E-state index in [9.17, 15) is 0 Å². The minimum absolute atomic E-state index is 0.276. The van der Waals surface area contributed by atoms with Crippen molar-refractivity contribution in [1.82, 2.24) is 5.32 Å². The number of rotatable bonds is 5. The van der Waals surface area contributed by atoms with Gasteiger partial charge in [-0.1, -0.05) is 36.4 Å². The van der Waals surface area contributed by atoms with Crippen molar-refractivity contribution in [2.45, 2.75) is 19.5 Å². The Bertz CT molecular complexity index is 641. The molecule has 2 heterocycles. The molecule has 3 rings (SSSR count). The Morgan fingerprint density at radius 3 is 2.50 bits per heavy atom. The molecular weight excluding hydrogens is 282 g/mol. The molecule has 20 heavy (non-hydrogen) atoms. The Balaban J connectivity index is 1.80. The molecule has 1 unspecified atom stereocenters. The van der Waals surface area contributed by atoms with Gasteiger partial charge in [0.1, 0.15) is 0 Å². The summed E-state index contributed by atoms with van der Waals surface area (Å²) in [6, 6.07) is 19.7. The minimum atomic E-state index is 0.276. The second-order valence-corrected chi connectivity index (χ2v) is 7.10. The quantitative estimate of drug-likeness (QED) is 0.699. The SMILES string of the molecule is Cc1ccc(CNC(c2ccccc2)c2cccs2)s1. The first-order valence-electron chi connectivity index (χ1n) is 6.70. The van der Waals surface area contributed by atoms with Crippen LogP contribution in [0.25, 0.3) is 0 Å². The lowest BCUT2D eigenvalue weighted by atomic mass is 10.1. The van der Waals surface area contributed by atoms with Gasteiger partial charge in [0.15, 0.2) is 0 Å². The smallest absolute Gasteiger partial charge is 0.0673 e. The Morgan fingerprint density at radius 1 is 1.00 bits per heavy atom. The molecule has 3 heteroatoms. The second kappa shape index (κ2) is 6.35. The molecule has 0 amide bonds. The van der Waals surface area contributed by atoms with Crippen LogP contribution in [0.3, 0.4) is 0 Å². The van der Waals surface area contributed by atoms with Gasteiger partial charge in [-0.25, -0.2) is 0 Å². The molecule has 1 N–H and O–H groups in total. The average Bonchev–Trinajstić information content (AvgIpc) is 3.12. The molecule has 3 aromatic rings. The summed E-state index contributed by atoms with van der Waals surface area (Å²) in [7, 11) is 0. The number of thiophene rings is 2. The van der Waals surface area contributed by atoms with Gasteiger partial charge in [-0.05, 0) is 36.1 Å². The standard InChI is InChI=1S/C17H17NS2/c1-13-9-10-15(20-13)12-18-17(16-8-5-11-19-16)14-6-3-2-4-7-14/h2-11,17-18H,12H2,1H3. The van der Waals surface area contributed by atoms with E-state index < -0.39 is 0 Å². The molecular formula is C17H17NS2. The van der Waals surface area contributed by atoms with Crippen molar-refractivity contribution in [1.29, 1.82) is 0 Å². The van der Waals surface area contributed by atoms with Gasteiger partial charge in [0, 0.05) is 21.2 Å². The van der Waals surface area contributed by atoms with Crippen molar-refractivity contribution in [2.24, 2.45) is 0 Å². The van der Waals surface area contributed by atoms with E-state index in [1.807, 2.05) is 22.7 Å². The van der Waals surface area contributed by atoms with Gasteiger partial charge < -0.3 is 5.32 Å². The summed E-state index contributed by atoms with van der Waals surface area (Å²) in [6.07, 6.45) is 0. The predicted molar refractivity (Wildman–Crippen MR) is 88.5 cm³/mol. The van der Waals surface area contributed by atoms with Crippen LogP contribution in [0.4, 0.5) is 0 Å². The maximum atomic E-state index is 3.69. The summed E-state index contributed by atoms with van der Waals surface area (Å²) in [6.45, 7) is 3.07. The lowest BCUT2D eigenvalue weighted by molar-refractivity contribution is 0.618. The highest BCUT2D eigenvalue weighted by molar-refractivity contribution is 7.11. The highest BCUT2D eigenvalue weighted by Gasteiger charge is 2.14. The Kier molecular flexibility index (Phi) is 4.31. The van der Waals surface area contributed by atoms with Crippen molar-refractivity contribution in [3.63, 3.8) is 0 Å². The summed E-state index contributed by atoms with van der Waals surface area (Å²) >= 11 is 3.67. The Morgan fingerprint density at radius 2 is 1.85 bits per heavy atom. The molecule has 0 saturated heterocycles. The zero-order valence-corrected chi connectivity index (χ0v) is 13.0. The van der Waals surface area contributed by atoms with Gasteiger partial charge in [-0.2, -0.15) is 0 Å².